The molecule has 8 heteroatoms. The lowest BCUT2D eigenvalue weighted by Crippen LogP contribution is -2.47. The normalized spacial score (nSPS) is 11.9. The van der Waals surface area contributed by atoms with E-state index in [-0.39, 0.29) is 0 Å². The topological polar surface area (TPSA) is 98.7 Å². The van der Waals surface area contributed by atoms with Crippen molar-refractivity contribution in [3.8, 4) is 0 Å². The highest BCUT2D eigenvalue weighted by atomic mass is 79.9. The second-order valence-electron chi connectivity index (χ2n) is 3.13. The number of hydrogen-bond acceptors (Lipinski definition) is 4. The molecule has 17 heavy (non-hydrogen) atoms. The van der Waals surface area contributed by atoms with E-state index in [4.69, 9.17) is 10.2 Å². The second-order valence-corrected chi connectivity index (χ2v) is 5.04. The van der Waals surface area contributed by atoms with Gasteiger partial charge in [-0.1, -0.05) is 0 Å². The van der Waals surface area contributed by atoms with Crippen molar-refractivity contribution < 1.29 is 19.8 Å². The Morgan fingerprint density at radius 2 is 2.24 bits per heavy atom. The summed E-state index contributed by atoms with van der Waals surface area (Å²) in [5, 5.41) is 23.8. The second kappa shape index (κ2) is 6.58. The van der Waals surface area contributed by atoms with Gasteiger partial charge in [0.05, 0.1) is 13.2 Å². The van der Waals surface area contributed by atoms with Gasteiger partial charge in [0.1, 0.15) is 0 Å². The van der Waals surface area contributed by atoms with Crippen LogP contribution < -0.4 is 10.6 Å². The maximum atomic E-state index is 11.3. The number of urea groups is 1. The van der Waals surface area contributed by atoms with Crippen LogP contribution in [-0.2, 0) is 11.3 Å². The summed E-state index contributed by atoms with van der Waals surface area (Å²) in [6.07, 6.45) is 0. The zero-order valence-electron chi connectivity index (χ0n) is 8.64. The number of thiophene rings is 1. The monoisotopic (exact) mass is 322 g/mol. The summed E-state index contributed by atoms with van der Waals surface area (Å²) in [4.78, 5) is 22.8. The summed E-state index contributed by atoms with van der Waals surface area (Å²) in [5.41, 5.74) is 0. The van der Waals surface area contributed by atoms with Gasteiger partial charge in [-0.3, -0.25) is 0 Å². The highest BCUT2D eigenvalue weighted by molar-refractivity contribution is 9.10. The van der Waals surface area contributed by atoms with Gasteiger partial charge < -0.3 is 20.8 Å². The molecule has 1 aromatic heterocycles. The highest BCUT2D eigenvalue weighted by Gasteiger charge is 2.18. The highest BCUT2D eigenvalue weighted by Crippen LogP contribution is 2.19. The van der Waals surface area contributed by atoms with Crippen molar-refractivity contribution in [3.63, 3.8) is 0 Å². The molecule has 0 saturated heterocycles. The van der Waals surface area contributed by atoms with Crippen LogP contribution >= 0.6 is 27.3 Å². The number of carboxylic acid groups (broad SMARTS) is 1. The van der Waals surface area contributed by atoms with E-state index in [0.717, 1.165) is 9.35 Å². The first-order valence-corrected chi connectivity index (χ1v) is 6.31. The van der Waals surface area contributed by atoms with E-state index >= 15 is 0 Å². The van der Waals surface area contributed by atoms with Crippen LogP contribution in [0.15, 0.2) is 15.9 Å². The molecule has 1 atom stereocenters. The molecular weight excluding hydrogens is 312 g/mol. The molecule has 0 fully saturated rings. The van der Waals surface area contributed by atoms with Gasteiger partial charge in [0.15, 0.2) is 6.04 Å². The van der Waals surface area contributed by atoms with Gasteiger partial charge in [-0.15, -0.1) is 11.3 Å². The Morgan fingerprint density at radius 3 is 2.71 bits per heavy atom. The quantitative estimate of drug-likeness (QED) is 0.643. The number of aliphatic hydroxyl groups is 1. The Bertz CT molecular complexity index is 409. The maximum absolute atomic E-state index is 11.3. The number of rotatable bonds is 5. The average molecular weight is 323 g/mol. The van der Waals surface area contributed by atoms with E-state index in [1.165, 1.54) is 11.3 Å². The Labute approximate surface area is 110 Å². The molecule has 4 N–H and O–H groups in total. The lowest BCUT2D eigenvalue weighted by atomic mass is 10.3. The molecule has 1 aromatic rings. The Hall–Kier alpha value is -1.12. The van der Waals surface area contributed by atoms with E-state index in [2.05, 4.69) is 26.6 Å². The van der Waals surface area contributed by atoms with Gasteiger partial charge in [-0.25, -0.2) is 9.59 Å². The molecule has 1 heterocycles. The fourth-order valence-electron chi connectivity index (χ4n) is 1.01. The van der Waals surface area contributed by atoms with Crippen LogP contribution in [0.3, 0.4) is 0 Å². The largest absolute Gasteiger partial charge is 0.480 e. The first-order chi connectivity index (χ1) is 8.02. The van der Waals surface area contributed by atoms with Crippen molar-refractivity contribution in [1.29, 1.82) is 0 Å². The lowest BCUT2D eigenvalue weighted by Gasteiger charge is -2.11. The van der Waals surface area contributed by atoms with Crippen molar-refractivity contribution in [1.82, 2.24) is 10.6 Å². The fraction of sp³-hybridized carbons (Fsp3) is 0.333. The molecule has 0 saturated carbocycles. The number of aliphatic carboxylic acids is 1. The van der Waals surface area contributed by atoms with Crippen molar-refractivity contribution in [2.45, 2.75) is 12.6 Å². The summed E-state index contributed by atoms with van der Waals surface area (Å²) < 4.78 is 0.929. The Balaban J connectivity index is 2.37. The SMILES string of the molecule is O=C(NCc1cc(Br)cs1)N[C@@H](CO)C(=O)O. The molecule has 0 radical (unpaired) electrons. The van der Waals surface area contributed by atoms with Gasteiger partial charge >= 0.3 is 12.0 Å². The first-order valence-electron chi connectivity index (χ1n) is 4.64. The van der Waals surface area contributed by atoms with Crippen LogP contribution in [0.25, 0.3) is 0 Å². The summed E-state index contributed by atoms with van der Waals surface area (Å²) in [5.74, 6) is -1.28. The minimum absolute atomic E-state index is 0.305. The van der Waals surface area contributed by atoms with E-state index in [1.807, 2.05) is 11.4 Å². The number of amides is 2. The smallest absolute Gasteiger partial charge is 0.328 e. The minimum atomic E-state index is -1.29. The lowest BCUT2D eigenvalue weighted by molar-refractivity contribution is -0.140. The molecule has 94 valence electrons. The summed E-state index contributed by atoms with van der Waals surface area (Å²) >= 11 is 4.75. The molecule has 0 bridgehead atoms. The molecule has 0 aliphatic heterocycles. The number of carbonyl (C=O) groups is 2. The molecular formula is C9H11BrN2O4S. The van der Waals surface area contributed by atoms with Crippen LogP contribution in [0.4, 0.5) is 4.79 Å². The number of carboxylic acids is 1. The van der Waals surface area contributed by atoms with E-state index < -0.39 is 24.6 Å². The third kappa shape index (κ3) is 4.72. The summed E-state index contributed by atoms with van der Waals surface area (Å²) in [6.45, 7) is -0.340. The molecule has 0 spiro atoms. The third-order valence-electron chi connectivity index (χ3n) is 1.83. The fourth-order valence-corrected chi connectivity index (χ4v) is 2.40. The summed E-state index contributed by atoms with van der Waals surface area (Å²) in [6, 6.07) is -0.0629. The molecule has 0 unspecified atom stereocenters. The van der Waals surface area contributed by atoms with Gasteiger partial charge in [-0.05, 0) is 22.0 Å². The maximum Gasteiger partial charge on any atom is 0.328 e. The van der Waals surface area contributed by atoms with E-state index in [9.17, 15) is 9.59 Å². The van der Waals surface area contributed by atoms with E-state index in [0.29, 0.717) is 6.54 Å². The number of aliphatic hydroxyl groups excluding tert-OH is 1. The number of hydrogen-bond donors (Lipinski definition) is 4. The minimum Gasteiger partial charge on any atom is -0.480 e. The van der Waals surface area contributed by atoms with Gasteiger partial charge in [0, 0.05) is 14.7 Å². The summed E-state index contributed by atoms with van der Waals surface area (Å²) in [7, 11) is 0. The molecule has 0 aliphatic carbocycles. The van der Waals surface area contributed by atoms with Crippen LogP contribution in [0.5, 0.6) is 0 Å². The van der Waals surface area contributed by atoms with Crippen molar-refractivity contribution in [2.24, 2.45) is 0 Å². The van der Waals surface area contributed by atoms with Gasteiger partial charge in [-0.2, -0.15) is 0 Å². The van der Waals surface area contributed by atoms with Gasteiger partial charge in [0.2, 0.25) is 0 Å². The van der Waals surface area contributed by atoms with Crippen molar-refractivity contribution in [2.75, 3.05) is 6.61 Å². The standard InChI is InChI=1S/C9H11BrN2O4S/c10-5-1-6(17-4-5)2-11-9(16)12-7(3-13)8(14)15/h1,4,7,13H,2-3H2,(H,14,15)(H2,11,12,16)/t7-/m0/s1. The zero-order chi connectivity index (χ0) is 12.8. The predicted octanol–water partition coefficient (Wildman–Crippen LogP) is 0.755. The van der Waals surface area contributed by atoms with Gasteiger partial charge in [0.25, 0.3) is 0 Å². The Kier molecular flexibility index (Phi) is 5.39. The first kappa shape index (κ1) is 13.9. The number of carbonyl (C=O) groups excluding carboxylic acids is 1. The molecule has 1 rings (SSSR count). The Morgan fingerprint density at radius 1 is 1.53 bits per heavy atom. The molecule has 2 amide bonds. The van der Waals surface area contributed by atoms with Crippen LogP contribution in [-0.4, -0.2) is 34.9 Å². The number of nitrogens with one attached hydrogen (secondary N) is 2. The number of halogens is 1. The zero-order valence-corrected chi connectivity index (χ0v) is 11.0. The molecule has 0 aliphatic rings. The molecule has 0 aromatic carbocycles. The van der Waals surface area contributed by atoms with Crippen LogP contribution in [0, 0.1) is 0 Å². The van der Waals surface area contributed by atoms with Crippen LogP contribution in [0.1, 0.15) is 4.88 Å². The molecule has 6 nitrogen and oxygen atoms in total. The van der Waals surface area contributed by atoms with Crippen LogP contribution in [0.2, 0.25) is 0 Å². The predicted molar refractivity (Wildman–Crippen MR) is 65.9 cm³/mol. The van der Waals surface area contributed by atoms with Crippen molar-refractivity contribution >= 4 is 39.3 Å². The average Bonchev–Trinajstić information content (AvgIpc) is 2.68. The van der Waals surface area contributed by atoms with E-state index in [1.54, 1.807) is 0 Å². The van der Waals surface area contributed by atoms with Crippen molar-refractivity contribution in [3.05, 3.63) is 20.8 Å². The third-order valence-corrected chi connectivity index (χ3v) is 3.53.